The number of amides is 4. The minimum atomic E-state index is -1.49. The van der Waals surface area contributed by atoms with Crippen LogP contribution in [-0.4, -0.2) is 80.4 Å². The molecule has 15 nitrogen and oxygen atoms in total. The van der Waals surface area contributed by atoms with Crippen LogP contribution in [0.2, 0.25) is 0 Å². The molecule has 0 aromatic carbocycles. The lowest BCUT2D eigenvalue weighted by Gasteiger charge is -2.21. The molecule has 0 aliphatic carbocycles. The molecule has 1 aromatic heterocycles. The first-order chi connectivity index (χ1) is 15.5. The number of rotatable bonds is 15. The zero-order chi connectivity index (χ0) is 25.0. The van der Waals surface area contributed by atoms with Crippen molar-refractivity contribution < 1.29 is 39.0 Å². The molecule has 0 fully saturated rings. The molecule has 0 aliphatic rings. The predicted octanol–water partition coefficient (Wildman–Crippen LogP) is -3.42. The third kappa shape index (κ3) is 10.7. The molecule has 33 heavy (non-hydrogen) atoms. The van der Waals surface area contributed by atoms with Gasteiger partial charge in [0, 0.05) is 31.2 Å². The van der Waals surface area contributed by atoms with Gasteiger partial charge in [0.1, 0.15) is 12.1 Å². The Labute approximate surface area is 187 Å². The number of primary amides is 1. The third-order valence-electron chi connectivity index (χ3n) is 4.35. The van der Waals surface area contributed by atoms with Gasteiger partial charge >= 0.3 is 11.9 Å². The van der Waals surface area contributed by atoms with Crippen molar-refractivity contribution in [1.82, 2.24) is 25.9 Å². The molecule has 1 heterocycles. The quantitative estimate of drug-likeness (QED) is 0.126. The van der Waals surface area contributed by atoms with E-state index < -0.39 is 66.7 Å². The van der Waals surface area contributed by atoms with Crippen molar-refractivity contribution in [3.63, 3.8) is 0 Å². The Morgan fingerprint density at radius 2 is 1.70 bits per heavy atom. The fraction of sp³-hybridized carbons (Fsp3) is 0.500. The van der Waals surface area contributed by atoms with Crippen molar-refractivity contribution in [3.8, 4) is 0 Å². The maximum atomic E-state index is 12.6. The lowest BCUT2D eigenvalue weighted by molar-refractivity contribution is -0.143. The number of carboxylic acid groups (broad SMARTS) is 2. The van der Waals surface area contributed by atoms with Crippen LogP contribution in [0.1, 0.15) is 31.4 Å². The van der Waals surface area contributed by atoms with E-state index in [1.54, 1.807) is 0 Å². The highest BCUT2D eigenvalue weighted by Crippen LogP contribution is 2.03. The summed E-state index contributed by atoms with van der Waals surface area (Å²) in [6.45, 7) is -0.544. The smallest absolute Gasteiger partial charge is 0.326 e. The molecule has 3 atom stereocenters. The Morgan fingerprint density at radius 3 is 2.24 bits per heavy atom. The summed E-state index contributed by atoms with van der Waals surface area (Å²) in [6, 6.07) is -3.82. The van der Waals surface area contributed by atoms with Crippen LogP contribution in [0.15, 0.2) is 12.5 Å². The summed E-state index contributed by atoms with van der Waals surface area (Å²) in [5, 5.41) is 24.8. The van der Waals surface area contributed by atoms with Gasteiger partial charge in [-0.15, -0.1) is 0 Å². The van der Waals surface area contributed by atoms with Crippen molar-refractivity contribution in [2.45, 2.75) is 50.2 Å². The normalized spacial score (nSPS) is 13.2. The number of nitrogens with one attached hydrogen (secondary N) is 4. The molecular weight excluding hydrogens is 442 g/mol. The van der Waals surface area contributed by atoms with E-state index in [9.17, 15) is 33.9 Å². The number of H-pyrrole nitrogens is 1. The number of nitrogens with two attached hydrogens (primary N) is 2. The second kappa shape index (κ2) is 13.4. The first-order valence-corrected chi connectivity index (χ1v) is 9.82. The van der Waals surface area contributed by atoms with Crippen LogP contribution in [0, 0.1) is 0 Å². The predicted molar refractivity (Wildman–Crippen MR) is 110 cm³/mol. The average Bonchev–Trinajstić information content (AvgIpc) is 3.25. The summed E-state index contributed by atoms with van der Waals surface area (Å²) in [4.78, 5) is 76.2. The summed E-state index contributed by atoms with van der Waals surface area (Å²) in [5.74, 6) is -5.66. The molecule has 0 bridgehead atoms. The summed E-state index contributed by atoms with van der Waals surface area (Å²) in [7, 11) is 0. The molecule has 3 unspecified atom stereocenters. The van der Waals surface area contributed by atoms with E-state index in [0.717, 1.165) is 0 Å². The lowest BCUT2D eigenvalue weighted by Crippen LogP contribution is -2.54. The van der Waals surface area contributed by atoms with Crippen molar-refractivity contribution in [2.75, 3.05) is 6.54 Å². The van der Waals surface area contributed by atoms with Gasteiger partial charge in [-0.2, -0.15) is 0 Å². The van der Waals surface area contributed by atoms with Gasteiger partial charge in [0.15, 0.2) is 0 Å². The number of aromatic nitrogens is 2. The highest BCUT2D eigenvalue weighted by molar-refractivity contribution is 5.92. The van der Waals surface area contributed by atoms with E-state index in [2.05, 4.69) is 25.9 Å². The SMILES string of the molecule is NC(=O)CCC(N)C(=O)NCC(=O)NC(Cc1cnc[nH]1)C(=O)NC(CCC(=O)O)C(=O)O. The Balaban J connectivity index is 2.75. The zero-order valence-corrected chi connectivity index (χ0v) is 17.6. The number of nitrogens with zero attached hydrogens (tertiary/aromatic N) is 1. The van der Waals surface area contributed by atoms with E-state index in [1.165, 1.54) is 12.5 Å². The maximum absolute atomic E-state index is 12.6. The largest absolute Gasteiger partial charge is 0.481 e. The molecule has 0 spiro atoms. The van der Waals surface area contributed by atoms with Crippen molar-refractivity contribution in [3.05, 3.63) is 18.2 Å². The lowest BCUT2D eigenvalue weighted by atomic mass is 10.1. The minimum Gasteiger partial charge on any atom is -0.481 e. The van der Waals surface area contributed by atoms with E-state index in [1.807, 2.05) is 0 Å². The molecule has 1 aromatic rings. The van der Waals surface area contributed by atoms with Gasteiger partial charge in [-0.3, -0.25) is 24.0 Å². The zero-order valence-electron chi connectivity index (χ0n) is 17.6. The standard InChI is InChI=1S/C18H27N7O8/c19-10(1-3-13(20)26)16(30)22-7-14(27)24-12(5-9-6-21-8-23-9)17(31)25-11(18(32)33)2-4-15(28)29/h6,8,10-12H,1-5,7,19H2,(H2,20,26)(H,21,23)(H,22,30)(H,24,27)(H,25,31)(H,28,29)(H,32,33). The monoisotopic (exact) mass is 469 g/mol. The van der Waals surface area contributed by atoms with Crippen molar-refractivity contribution >= 4 is 35.6 Å². The van der Waals surface area contributed by atoms with Gasteiger partial charge < -0.3 is 42.6 Å². The van der Waals surface area contributed by atoms with Gasteiger partial charge in [-0.25, -0.2) is 9.78 Å². The molecule has 0 radical (unpaired) electrons. The topological polar surface area (TPSA) is 260 Å². The average molecular weight is 469 g/mol. The molecule has 4 amide bonds. The molecule has 0 aliphatic heterocycles. The number of hydrogen-bond acceptors (Lipinski definition) is 8. The van der Waals surface area contributed by atoms with Crippen molar-refractivity contribution in [1.29, 1.82) is 0 Å². The van der Waals surface area contributed by atoms with Crippen LogP contribution < -0.4 is 27.4 Å². The van der Waals surface area contributed by atoms with Gasteiger partial charge in [0.2, 0.25) is 23.6 Å². The summed E-state index contributed by atoms with van der Waals surface area (Å²) < 4.78 is 0. The fourth-order valence-corrected chi connectivity index (χ4v) is 2.60. The summed E-state index contributed by atoms with van der Waals surface area (Å²) in [6.07, 6.45) is 1.67. The molecule has 10 N–H and O–H groups in total. The molecule has 0 saturated carbocycles. The summed E-state index contributed by atoms with van der Waals surface area (Å²) in [5.41, 5.74) is 11.0. The number of hydrogen-bond donors (Lipinski definition) is 8. The number of aromatic amines is 1. The third-order valence-corrected chi connectivity index (χ3v) is 4.35. The Kier molecular flexibility index (Phi) is 11.0. The number of carbonyl (C=O) groups is 6. The van der Waals surface area contributed by atoms with Gasteiger partial charge in [-0.1, -0.05) is 0 Å². The minimum absolute atomic E-state index is 0.0133. The van der Waals surface area contributed by atoms with Crippen LogP contribution >= 0.6 is 0 Å². The highest BCUT2D eigenvalue weighted by atomic mass is 16.4. The van der Waals surface area contributed by atoms with E-state index >= 15 is 0 Å². The Morgan fingerprint density at radius 1 is 1.00 bits per heavy atom. The van der Waals surface area contributed by atoms with E-state index in [-0.39, 0.29) is 25.7 Å². The molecule has 182 valence electrons. The van der Waals surface area contributed by atoms with Crippen molar-refractivity contribution in [2.24, 2.45) is 11.5 Å². The first kappa shape index (κ1) is 27.0. The molecule has 0 saturated heterocycles. The van der Waals surface area contributed by atoms with Crippen LogP contribution in [0.4, 0.5) is 0 Å². The van der Waals surface area contributed by atoms with Gasteiger partial charge in [-0.05, 0) is 12.8 Å². The maximum Gasteiger partial charge on any atom is 0.326 e. The molecular formula is C18H27N7O8. The van der Waals surface area contributed by atoms with Gasteiger partial charge in [0.05, 0.1) is 18.9 Å². The number of aliphatic carboxylic acids is 2. The number of carboxylic acids is 2. The second-order valence-corrected chi connectivity index (χ2v) is 7.06. The molecule has 15 heteroatoms. The summed E-state index contributed by atoms with van der Waals surface area (Å²) >= 11 is 0. The molecule has 1 rings (SSSR count). The van der Waals surface area contributed by atoms with Crippen LogP contribution in [0.25, 0.3) is 0 Å². The Bertz CT molecular complexity index is 858. The second-order valence-electron chi connectivity index (χ2n) is 7.06. The highest BCUT2D eigenvalue weighted by Gasteiger charge is 2.28. The van der Waals surface area contributed by atoms with Crippen LogP contribution in [-0.2, 0) is 35.2 Å². The van der Waals surface area contributed by atoms with Crippen LogP contribution in [0.5, 0.6) is 0 Å². The number of imidazole rings is 1. The first-order valence-electron chi connectivity index (χ1n) is 9.82. The fourth-order valence-electron chi connectivity index (χ4n) is 2.60. The van der Waals surface area contributed by atoms with Crippen LogP contribution in [0.3, 0.4) is 0 Å². The van der Waals surface area contributed by atoms with E-state index in [0.29, 0.717) is 5.69 Å². The van der Waals surface area contributed by atoms with E-state index in [4.69, 9.17) is 16.6 Å². The number of carbonyl (C=O) groups excluding carboxylic acids is 4. The Hall–Kier alpha value is -4.01. The van der Waals surface area contributed by atoms with Gasteiger partial charge in [0.25, 0.3) is 0 Å².